The summed E-state index contributed by atoms with van der Waals surface area (Å²) in [4.78, 5) is 24.1. The second-order valence-electron chi connectivity index (χ2n) is 6.71. The molecule has 2 saturated carbocycles. The molecule has 2 aliphatic carbocycles. The molecule has 0 aliphatic heterocycles. The van der Waals surface area contributed by atoms with Gasteiger partial charge < -0.3 is 16.4 Å². The number of carbonyl (C=O) groups excluding carboxylic acids is 2. The Morgan fingerprint density at radius 3 is 2.38 bits per heavy atom. The topological polar surface area (TPSA) is 84.2 Å². The SMILES string of the molecule is CCNC(=O)c1ccc(CNC(=O)C2C3CCC(C3)C2N)cc1.Cl. The maximum atomic E-state index is 12.4. The van der Waals surface area contributed by atoms with Crippen LogP contribution in [-0.2, 0) is 11.3 Å². The lowest BCUT2D eigenvalue weighted by atomic mass is 9.84. The molecule has 2 amide bonds. The van der Waals surface area contributed by atoms with Gasteiger partial charge in [-0.05, 0) is 55.7 Å². The van der Waals surface area contributed by atoms with E-state index in [1.165, 1.54) is 6.42 Å². The third kappa shape index (κ3) is 3.73. The number of fused-ring (bicyclic) bond motifs is 2. The number of nitrogens with one attached hydrogen (secondary N) is 2. The molecule has 1 aromatic rings. The average Bonchev–Trinajstić information content (AvgIpc) is 3.14. The molecule has 24 heavy (non-hydrogen) atoms. The summed E-state index contributed by atoms with van der Waals surface area (Å²) >= 11 is 0. The molecule has 0 aromatic heterocycles. The van der Waals surface area contributed by atoms with E-state index in [4.69, 9.17) is 5.73 Å². The molecule has 0 heterocycles. The van der Waals surface area contributed by atoms with Gasteiger partial charge in [0.2, 0.25) is 5.91 Å². The Morgan fingerprint density at radius 2 is 1.79 bits per heavy atom. The van der Waals surface area contributed by atoms with E-state index >= 15 is 0 Å². The van der Waals surface area contributed by atoms with Gasteiger partial charge in [0.05, 0.1) is 5.92 Å². The van der Waals surface area contributed by atoms with Gasteiger partial charge in [0.1, 0.15) is 0 Å². The van der Waals surface area contributed by atoms with Crippen molar-refractivity contribution in [3.63, 3.8) is 0 Å². The van der Waals surface area contributed by atoms with Crippen molar-refractivity contribution < 1.29 is 9.59 Å². The van der Waals surface area contributed by atoms with E-state index in [1.807, 2.05) is 19.1 Å². The van der Waals surface area contributed by atoms with Crippen LogP contribution in [0.15, 0.2) is 24.3 Å². The van der Waals surface area contributed by atoms with Gasteiger partial charge in [0.15, 0.2) is 0 Å². The van der Waals surface area contributed by atoms with Gasteiger partial charge >= 0.3 is 0 Å². The summed E-state index contributed by atoms with van der Waals surface area (Å²) in [5, 5.41) is 5.78. The van der Waals surface area contributed by atoms with E-state index in [0.29, 0.717) is 30.5 Å². The summed E-state index contributed by atoms with van der Waals surface area (Å²) in [6.45, 7) is 2.98. The van der Waals surface area contributed by atoms with Crippen LogP contribution in [0, 0.1) is 17.8 Å². The van der Waals surface area contributed by atoms with E-state index in [-0.39, 0.29) is 36.2 Å². The number of hydrogen-bond donors (Lipinski definition) is 3. The van der Waals surface area contributed by atoms with Gasteiger partial charge in [-0.2, -0.15) is 0 Å². The zero-order valence-corrected chi connectivity index (χ0v) is 14.8. The smallest absolute Gasteiger partial charge is 0.251 e. The molecule has 2 fully saturated rings. The highest BCUT2D eigenvalue weighted by Crippen LogP contribution is 2.47. The van der Waals surface area contributed by atoms with Crippen LogP contribution in [0.4, 0.5) is 0 Å². The van der Waals surface area contributed by atoms with E-state index < -0.39 is 0 Å². The second-order valence-corrected chi connectivity index (χ2v) is 6.71. The van der Waals surface area contributed by atoms with Crippen LogP contribution in [-0.4, -0.2) is 24.4 Å². The zero-order chi connectivity index (χ0) is 16.4. The lowest BCUT2D eigenvalue weighted by molar-refractivity contribution is -0.127. The van der Waals surface area contributed by atoms with Crippen LogP contribution in [0.25, 0.3) is 0 Å². The van der Waals surface area contributed by atoms with Crippen molar-refractivity contribution >= 4 is 24.2 Å². The normalized spacial score (nSPS) is 27.4. The van der Waals surface area contributed by atoms with Crippen LogP contribution in [0.1, 0.15) is 42.1 Å². The molecular formula is C18H26ClN3O2. The highest BCUT2D eigenvalue weighted by molar-refractivity contribution is 5.94. The third-order valence-electron chi connectivity index (χ3n) is 5.30. The molecule has 132 valence electrons. The van der Waals surface area contributed by atoms with Crippen molar-refractivity contribution in [1.29, 1.82) is 0 Å². The van der Waals surface area contributed by atoms with Crippen molar-refractivity contribution in [3.8, 4) is 0 Å². The van der Waals surface area contributed by atoms with Crippen molar-refractivity contribution in [3.05, 3.63) is 35.4 Å². The number of carbonyl (C=O) groups is 2. The molecule has 6 heteroatoms. The predicted molar refractivity (Wildman–Crippen MR) is 95.8 cm³/mol. The van der Waals surface area contributed by atoms with Crippen LogP contribution in [0.2, 0.25) is 0 Å². The summed E-state index contributed by atoms with van der Waals surface area (Å²) in [6.07, 6.45) is 3.43. The number of halogens is 1. The van der Waals surface area contributed by atoms with E-state index in [2.05, 4.69) is 10.6 Å². The molecule has 0 radical (unpaired) electrons. The first kappa shape index (κ1) is 18.7. The lowest BCUT2D eigenvalue weighted by Gasteiger charge is -2.27. The monoisotopic (exact) mass is 351 g/mol. The van der Waals surface area contributed by atoms with Crippen LogP contribution in [0.5, 0.6) is 0 Å². The first-order valence-corrected chi connectivity index (χ1v) is 8.50. The molecule has 0 spiro atoms. The van der Waals surface area contributed by atoms with Gasteiger partial charge in [0.25, 0.3) is 5.91 Å². The molecule has 2 bridgehead atoms. The van der Waals surface area contributed by atoms with E-state index in [9.17, 15) is 9.59 Å². The summed E-state index contributed by atoms with van der Waals surface area (Å²) in [5.74, 6) is 0.985. The largest absolute Gasteiger partial charge is 0.352 e. The molecular weight excluding hydrogens is 326 g/mol. The van der Waals surface area contributed by atoms with Gasteiger partial charge in [-0.1, -0.05) is 12.1 Å². The highest BCUT2D eigenvalue weighted by atomic mass is 35.5. The summed E-state index contributed by atoms with van der Waals surface area (Å²) in [7, 11) is 0. The molecule has 3 rings (SSSR count). The third-order valence-corrected chi connectivity index (χ3v) is 5.30. The summed E-state index contributed by atoms with van der Waals surface area (Å²) in [6, 6.07) is 7.36. The Kier molecular flexibility index (Phi) is 6.24. The number of amides is 2. The number of benzene rings is 1. The van der Waals surface area contributed by atoms with Crippen LogP contribution in [0.3, 0.4) is 0 Å². The summed E-state index contributed by atoms with van der Waals surface area (Å²) in [5.41, 5.74) is 7.84. The maximum Gasteiger partial charge on any atom is 0.251 e. The predicted octanol–water partition coefficient (Wildman–Crippen LogP) is 1.85. The molecule has 0 saturated heterocycles. The first-order chi connectivity index (χ1) is 11.1. The summed E-state index contributed by atoms with van der Waals surface area (Å²) < 4.78 is 0. The van der Waals surface area contributed by atoms with Gasteiger partial charge in [-0.25, -0.2) is 0 Å². The lowest BCUT2D eigenvalue weighted by Crippen LogP contribution is -2.45. The number of hydrogen-bond acceptors (Lipinski definition) is 3. The molecule has 4 atom stereocenters. The second kappa shape index (κ2) is 7.99. The van der Waals surface area contributed by atoms with Gasteiger partial charge in [-0.15, -0.1) is 12.4 Å². The Balaban J connectivity index is 0.00000208. The molecule has 4 N–H and O–H groups in total. The van der Waals surface area contributed by atoms with E-state index in [1.54, 1.807) is 12.1 Å². The average molecular weight is 352 g/mol. The minimum Gasteiger partial charge on any atom is -0.352 e. The molecule has 1 aromatic carbocycles. The fourth-order valence-electron chi connectivity index (χ4n) is 4.07. The fraction of sp³-hybridized carbons (Fsp3) is 0.556. The fourth-order valence-corrected chi connectivity index (χ4v) is 4.07. The first-order valence-electron chi connectivity index (χ1n) is 8.50. The standard InChI is InChI=1S/C18H25N3O2.ClH/c1-2-20-17(22)12-5-3-11(4-6-12)10-21-18(23)15-13-7-8-14(9-13)16(15)19;/h3-6,13-16H,2,7-10,19H2,1H3,(H,20,22)(H,21,23);1H. The minimum absolute atomic E-state index is 0. The van der Waals surface area contributed by atoms with Crippen LogP contribution < -0.4 is 16.4 Å². The minimum atomic E-state index is -0.0731. The Morgan fingerprint density at radius 1 is 1.12 bits per heavy atom. The molecule has 4 unspecified atom stereocenters. The Bertz CT molecular complexity index is 588. The Hall–Kier alpha value is -1.59. The molecule has 5 nitrogen and oxygen atoms in total. The Labute approximate surface area is 149 Å². The number of rotatable bonds is 5. The van der Waals surface area contributed by atoms with E-state index in [0.717, 1.165) is 18.4 Å². The number of nitrogens with two attached hydrogens (primary N) is 1. The van der Waals surface area contributed by atoms with Gasteiger partial charge in [-0.3, -0.25) is 9.59 Å². The quantitative estimate of drug-likeness (QED) is 0.756. The van der Waals surface area contributed by atoms with Crippen molar-refractivity contribution in [2.45, 2.75) is 38.8 Å². The van der Waals surface area contributed by atoms with Crippen molar-refractivity contribution in [2.75, 3.05) is 6.54 Å². The highest BCUT2D eigenvalue weighted by Gasteiger charge is 2.48. The maximum absolute atomic E-state index is 12.4. The zero-order valence-electron chi connectivity index (χ0n) is 14.0. The van der Waals surface area contributed by atoms with Gasteiger partial charge in [0, 0.05) is 24.7 Å². The van der Waals surface area contributed by atoms with Crippen LogP contribution >= 0.6 is 12.4 Å². The van der Waals surface area contributed by atoms with Crippen molar-refractivity contribution in [2.24, 2.45) is 23.5 Å². The molecule has 2 aliphatic rings. The van der Waals surface area contributed by atoms with Crippen molar-refractivity contribution in [1.82, 2.24) is 10.6 Å².